The van der Waals surface area contributed by atoms with E-state index in [-0.39, 0.29) is 6.42 Å². The van der Waals surface area contributed by atoms with E-state index in [0.29, 0.717) is 11.1 Å². The lowest BCUT2D eigenvalue weighted by Crippen LogP contribution is -1.92. The van der Waals surface area contributed by atoms with E-state index in [1.165, 1.54) is 6.08 Å². The van der Waals surface area contributed by atoms with E-state index < -0.39 is 5.97 Å². The van der Waals surface area contributed by atoms with Crippen LogP contribution in [-0.4, -0.2) is 11.1 Å². The van der Waals surface area contributed by atoms with Crippen molar-refractivity contribution in [1.82, 2.24) is 0 Å². The molecule has 15 heavy (non-hydrogen) atoms. The number of nitrogens with zero attached hydrogens (tertiary/aromatic N) is 1. The quantitative estimate of drug-likeness (QED) is 0.855. The van der Waals surface area contributed by atoms with Gasteiger partial charge >= 0.3 is 5.97 Å². The van der Waals surface area contributed by atoms with Crippen LogP contribution in [0.15, 0.2) is 34.8 Å². The van der Waals surface area contributed by atoms with Gasteiger partial charge < -0.3 is 5.11 Å². The molecule has 0 amide bonds. The summed E-state index contributed by atoms with van der Waals surface area (Å²) in [4.78, 5) is 10.4. The SMILES string of the molecule is N#C/C(=C\CC(=O)O)c1ccccc1Br. The molecule has 0 bridgehead atoms. The van der Waals surface area contributed by atoms with E-state index in [1.54, 1.807) is 18.2 Å². The summed E-state index contributed by atoms with van der Waals surface area (Å²) in [6.07, 6.45) is 1.26. The van der Waals surface area contributed by atoms with Crippen LogP contribution in [0, 0.1) is 11.3 Å². The molecule has 76 valence electrons. The Kier molecular flexibility index (Phi) is 4.07. The molecule has 0 aliphatic heterocycles. The third-order valence-corrected chi connectivity index (χ3v) is 2.46. The average molecular weight is 266 g/mol. The molecule has 0 aliphatic rings. The van der Waals surface area contributed by atoms with E-state index >= 15 is 0 Å². The van der Waals surface area contributed by atoms with Crippen molar-refractivity contribution in [2.24, 2.45) is 0 Å². The van der Waals surface area contributed by atoms with Crippen LogP contribution in [0.2, 0.25) is 0 Å². The molecule has 0 aromatic heterocycles. The summed E-state index contributed by atoms with van der Waals surface area (Å²) >= 11 is 3.31. The number of carboxylic acids is 1. The molecule has 0 spiro atoms. The van der Waals surface area contributed by atoms with Crippen LogP contribution >= 0.6 is 15.9 Å². The molecular formula is C11H8BrNO2. The Labute approximate surface area is 95.8 Å². The minimum Gasteiger partial charge on any atom is -0.481 e. The molecule has 1 N–H and O–H groups in total. The zero-order valence-electron chi connectivity index (χ0n) is 7.77. The number of benzene rings is 1. The van der Waals surface area contributed by atoms with Crippen molar-refractivity contribution in [3.05, 3.63) is 40.4 Å². The van der Waals surface area contributed by atoms with Crippen molar-refractivity contribution in [1.29, 1.82) is 5.26 Å². The van der Waals surface area contributed by atoms with E-state index in [1.807, 2.05) is 12.1 Å². The molecular weight excluding hydrogens is 258 g/mol. The third kappa shape index (κ3) is 3.22. The Balaban J connectivity index is 3.04. The lowest BCUT2D eigenvalue weighted by Gasteiger charge is -2.01. The fourth-order valence-corrected chi connectivity index (χ4v) is 1.58. The van der Waals surface area contributed by atoms with Gasteiger partial charge in [-0.3, -0.25) is 4.79 Å². The van der Waals surface area contributed by atoms with Crippen LogP contribution in [0.1, 0.15) is 12.0 Å². The second-order valence-corrected chi connectivity index (χ2v) is 3.66. The van der Waals surface area contributed by atoms with Gasteiger partial charge in [-0.2, -0.15) is 5.26 Å². The van der Waals surface area contributed by atoms with Gasteiger partial charge in [0.15, 0.2) is 0 Å². The highest BCUT2D eigenvalue weighted by atomic mass is 79.9. The molecule has 0 saturated heterocycles. The van der Waals surface area contributed by atoms with Crippen molar-refractivity contribution in [2.75, 3.05) is 0 Å². The predicted molar refractivity (Wildman–Crippen MR) is 60.0 cm³/mol. The lowest BCUT2D eigenvalue weighted by molar-refractivity contribution is -0.135. The fraction of sp³-hybridized carbons (Fsp3) is 0.0909. The molecule has 0 atom stereocenters. The number of halogens is 1. The van der Waals surface area contributed by atoms with Gasteiger partial charge in [0.25, 0.3) is 0 Å². The molecule has 0 heterocycles. The van der Waals surface area contributed by atoms with Crippen molar-refractivity contribution in [3.63, 3.8) is 0 Å². The lowest BCUT2D eigenvalue weighted by atomic mass is 10.1. The van der Waals surface area contributed by atoms with Gasteiger partial charge in [0.05, 0.1) is 18.1 Å². The highest BCUT2D eigenvalue weighted by Gasteiger charge is 2.05. The number of allylic oxidation sites excluding steroid dienone is 1. The summed E-state index contributed by atoms with van der Waals surface area (Å²) in [5, 5.41) is 17.4. The van der Waals surface area contributed by atoms with Crippen LogP contribution in [-0.2, 0) is 4.79 Å². The van der Waals surface area contributed by atoms with E-state index in [0.717, 1.165) is 4.47 Å². The highest BCUT2D eigenvalue weighted by Crippen LogP contribution is 2.23. The van der Waals surface area contributed by atoms with Gasteiger partial charge in [-0.1, -0.05) is 40.2 Å². The van der Waals surface area contributed by atoms with E-state index in [4.69, 9.17) is 10.4 Å². The Hall–Kier alpha value is -1.60. The highest BCUT2D eigenvalue weighted by molar-refractivity contribution is 9.10. The number of nitriles is 1. The van der Waals surface area contributed by atoms with Crippen molar-refractivity contribution >= 4 is 27.5 Å². The summed E-state index contributed by atoms with van der Waals surface area (Å²) in [6.45, 7) is 0. The minimum atomic E-state index is -0.949. The van der Waals surface area contributed by atoms with Gasteiger partial charge in [0.1, 0.15) is 0 Å². The van der Waals surface area contributed by atoms with Gasteiger partial charge in [0, 0.05) is 10.0 Å². The standard InChI is InChI=1S/C11H8BrNO2/c12-10-4-2-1-3-9(10)8(7-13)5-6-11(14)15/h1-5H,6H2,(H,14,15)/b8-5+. The summed E-state index contributed by atoms with van der Waals surface area (Å²) in [5.74, 6) is -0.949. The number of hydrogen-bond donors (Lipinski definition) is 1. The Morgan fingerprint density at radius 2 is 2.20 bits per heavy atom. The maximum absolute atomic E-state index is 10.4. The van der Waals surface area contributed by atoms with Gasteiger partial charge in [0.2, 0.25) is 0 Å². The number of aliphatic carboxylic acids is 1. The number of rotatable bonds is 3. The molecule has 1 aromatic rings. The van der Waals surface area contributed by atoms with Crippen LogP contribution < -0.4 is 0 Å². The maximum atomic E-state index is 10.4. The van der Waals surface area contributed by atoms with Crippen LogP contribution in [0.4, 0.5) is 0 Å². The van der Waals surface area contributed by atoms with E-state index in [2.05, 4.69) is 15.9 Å². The first kappa shape index (κ1) is 11.5. The van der Waals surface area contributed by atoms with Crippen LogP contribution in [0.5, 0.6) is 0 Å². The molecule has 0 aliphatic carbocycles. The zero-order chi connectivity index (χ0) is 11.3. The monoisotopic (exact) mass is 265 g/mol. The third-order valence-electron chi connectivity index (χ3n) is 1.77. The van der Waals surface area contributed by atoms with Crippen molar-refractivity contribution < 1.29 is 9.90 Å². The molecule has 0 unspecified atom stereocenters. The molecule has 0 radical (unpaired) electrons. The number of carbonyl (C=O) groups is 1. The normalized spacial score (nSPS) is 10.8. The minimum absolute atomic E-state index is 0.149. The topological polar surface area (TPSA) is 61.1 Å². The largest absolute Gasteiger partial charge is 0.481 e. The summed E-state index contributed by atoms with van der Waals surface area (Å²) < 4.78 is 0.781. The molecule has 0 saturated carbocycles. The number of carboxylic acid groups (broad SMARTS) is 1. The van der Waals surface area contributed by atoms with Gasteiger partial charge in [-0.05, 0) is 6.07 Å². The Morgan fingerprint density at radius 1 is 1.53 bits per heavy atom. The van der Waals surface area contributed by atoms with Crippen LogP contribution in [0.3, 0.4) is 0 Å². The summed E-state index contributed by atoms with van der Waals surface area (Å²) in [5.41, 5.74) is 1.08. The summed E-state index contributed by atoms with van der Waals surface area (Å²) in [7, 11) is 0. The van der Waals surface area contributed by atoms with Gasteiger partial charge in [-0.25, -0.2) is 0 Å². The second kappa shape index (κ2) is 5.32. The summed E-state index contributed by atoms with van der Waals surface area (Å²) in [6, 6.07) is 9.18. The number of hydrogen-bond acceptors (Lipinski definition) is 2. The first-order valence-electron chi connectivity index (χ1n) is 4.22. The molecule has 1 rings (SSSR count). The van der Waals surface area contributed by atoms with Gasteiger partial charge in [-0.15, -0.1) is 0 Å². The predicted octanol–water partition coefficient (Wildman–Crippen LogP) is 2.83. The first-order chi connectivity index (χ1) is 7.15. The zero-order valence-corrected chi connectivity index (χ0v) is 9.36. The average Bonchev–Trinajstić information content (AvgIpc) is 2.21. The molecule has 0 fully saturated rings. The maximum Gasteiger partial charge on any atom is 0.307 e. The first-order valence-corrected chi connectivity index (χ1v) is 5.01. The van der Waals surface area contributed by atoms with Crippen LogP contribution in [0.25, 0.3) is 5.57 Å². The Morgan fingerprint density at radius 3 is 2.73 bits per heavy atom. The molecule has 4 heteroatoms. The molecule has 1 aromatic carbocycles. The second-order valence-electron chi connectivity index (χ2n) is 2.81. The molecule has 3 nitrogen and oxygen atoms in total. The Bertz CT molecular complexity index is 446. The fourth-order valence-electron chi connectivity index (χ4n) is 1.08. The smallest absolute Gasteiger partial charge is 0.307 e. The van der Waals surface area contributed by atoms with Crippen molar-refractivity contribution in [2.45, 2.75) is 6.42 Å². The van der Waals surface area contributed by atoms with E-state index in [9.17, 15) is 4.79 Å². The van der Waals surface area contributed by atoms with Crippen molar-refractivity contribution in [3.8, 4) is 6.07 Å².